The Hall–Kier alpha value is -1.03. The molecule has 14 heavy (non-hydrogen) atoms. The van der Waals surface area contributed by atoms with Gasteiger partial charge in [-0.25, -0.2) is 0 Å². The number of rotatable bonds is 2. The van der Waals surface area contributed by atoms with Crippen molar-refractivity contribution in [2.75, 3.05) is 5.73 Å². The molecule has 1 heterocycles. The lowest BCUT2D eigenvalue weighted by molar-refractivity contribution is 0.367. The Bertz CT molecular complexity index is 321. The average molecular weight is 195 g/mol. The predicted octanol–water partition coefficient (Wildman–Crippen LogP) is 1.41. The van der Waals surface area contributed by atoms with E-state index in [0.717, 1.165) is 37.1 Å². The zero-order valence-electron chi connectivity index (χ0n) is 8.49. The van der Waals surface area contributed by atoms with Gasteiger partial charge in [-0.05, 0) is 19.3 Å². The summed E-state index contributed by atoms with van der Waals surface area (Å²) >= 11 is 0. The Morgan fingerprint density at radius 2 is 2.36 bits per heavy atom. The third-order valence-corrected chi connectivity index (χ3v) is 2.91. The fourth-order valence-electron chi connectivity index (χ4n) is 2.21. The molecular formula is C10H17N3O. The van der Waals surface area contributed by atoms with Gasteiger partial charge in [0.25, 0.3) is 6.01 Å². The van der Waals surface area contributed by atoms with Crippen LogP contribution >= 0.6 is 0 Å². The summed E-state index contributed by atoms with van der Waals surface area (Å²) in [5.74, 6) is 1.25. The van der Waals surface area contributed by atoms with Crippen molar-refractivity contribution < 1.29 is 4.42 Å². The van der Waals surface area contributed by atoms with E-state index in [1.807, 2.05) is 0 Å². The Kier molecular flexibility index (Phi) is 2.46. The molecule has 0 amide bonds. The minimum Gasteiger partial charge on any atom is -0.428 e. The van der Waals surface area contributed by atoms with Gasteiger partial charge >= 0.3 is 0 Å². The number of nitrogen functional groups attached to an aromatic ring is 1. The lowest BCUT2D eigenvalue weighted by Crippen LogP contribution is -2.32. The minimum absolute atomic E-state index is 0.204. The number of nitrogens with two attached hydrogens (primary N) is 2. The van der Waals surface area contributed by atoms with Gasteiger partial charge < -0.3 is 15.9 Å². The van der Waals surface area contributed by atoms with Crippen molar-refractivity contribution in [2.24, 2.45) is 5.73 Å². The average Bonchev–Trinajstić information content (AvgIpc) is 2.51. The monoisotopic (exact) mass is 195 g/mol. The SMILES string of the molecule is CCCC1c2oc(N)nc2CCC1N. The second-order valence-corrected chi connectivity index (χ2v) is 3.96. The number of aromatic nitrogens is 1. The van der Waals surface area contributed by atoms with Gasteiger partial charge in [0.1, 0.15) is 5.76 Å². The maximum absolute atomic E-state index is 6.06. The number of oxazole rings is 1. The van der Waals surface area contributed by atoms with E-state index >= 15 is 0 Å². The minimum atomic E-state index is 0.204. The van der Waals surface area contributed by atoms with Crippen LogP contribution in [0.15, 0.2) is 4.42 Å². The Morgan fingerprint density at radius 3 is 3.07 bits per heavy atom. The van der Waals surface area contributed by atoms with Crippen LogP contribution in [-0.4, -0.2) is 11.0 Å². The molecule has 0 saturated carbocycles. The summed E-state index contributed by atoms with van der Waals surface area (Å²) in [4.78, 5) is 4.17. The Morgan fingerprint density at radius 1 is 1.57 bits per heavy atom. The van der Waals surface area contributed by atoms with Crippen molar-refractivity contribution in [3.8, 4) is 0 Å². The molecule has 1 aliphatic carbocycles. The second-order valence-electron chi connectivity index (χ2n) is 3.96. The molecule has 1 aliphatic rings. The number of aryl methyl sites for hydroxylation is 1. The van der Waals surface area contributed by atoms with Crippen LogP contribution in [0.2, 0.25) is 0 Å². The van der Waals surface area contributed by atoms with E-state index in [4.69, 9.17) is 15.9 Å². The van der Waals surface area contributed by atoms with Gasteiger partial charge in [-0.3, -0.25) is 0 Å². The number of fused-ring (bicyclic) bond motifs is 1. The highest BCUT2D eigenvalue weighted by Crippen LogP contribution is 2.34. The van der Waals surface area contributed by atoms with Gasteiger partial charge in [0.15, 0.2) is 0 Å². The zero-order chi connectivity index (χ0) is 10.1. The molecule has 0 radical (unpaired) electrons. The lowest BCUT2D eigenvalue weighted by Gasteiger charge is -2.26. The first-order valence-corrected chi connectivity index (χ1v) is 5.23. The first-order chi connectivity index (χ1) is 6.72. The summed E-state index contributed by atoms with van der Waals surface area (Å²) in [5.41, 5.74) is 12.6. The molecule has 0 saturated heterocycles. The lowest BCUT2D eigenvalue weighted by atomic mass is 9.83. The highest BCUT2D eigenvalue weighted by Gasteiger charge is 2.30. The van der Waals surface area contributed by atoms with E-state index < -0.39 is 0 Å². The number of nitrogens with zero attached hydrogens (tertiary/aromatic N) is 1. The normalized spacial score (nSPS) is 26.1. The quantitative estimate of drug-likeness (QED) is 0.748. The first-order valence-electron chi connectivity index (χ1n) is 5.23. The fourth-order valence-corrected chi connectivity index (χ4v) is 2.21. The Labute approximate surface area is 83.7 Å². The largest absolute Gasteiger partial charge is 0.428 e. The van der Waals surface area contributed by atoms with E-state index in [1.165, 1.54) is 0 Å². The molecule has 2 rings (SSSR count). The van der Waals surface area contributed by atoms with Crippen LogP contribution in [0.1, 0.15) is 43.6 Å². The van der Waals surface area contributed by atoms with Crippen LogP contribution in [0, 0.1) is 0 Å². The van der Waals surface area contributed by atoms with Gasteiger partial charge in [-0.1, -0.05) is 13.3 Å². The molecule has 0 aromatic carbocycles. The standard InChI is InChI=1S/C10H17N3O/c1-2-3-6-7(11)4-5-8-9(6)14-10(12)13-8/h6-7H,2-5,11H2,1H3,(H2,12,13). The molecule has 2 unspecified atom stereocenters. The third-order valence-electron chi connectivity index (χ3n) is 2.91. The van der Waals surface area contributed by atoms with Crippen molar-refractivity contribution >= 4 is 6.01 Å². The number of hydrogen-bond acceptors (Lipinski definition) is 4. The topological polar surface area (TPSA) is 78.1 Å². The van der Waals surface area contributed by atoms with E-state index in [-0.39, 0.29) is 12.1 Å². The van der Waals surface area contributed by atoms with Crippen molar-refractivity contribution in [3.05, 3.63) is 11.5 Å². The van der Waals surface area contributed by atoms with E-state index in [2.05, 4.69) is 11.9 Å². The summed E-state index contributed by atoms with van der Waals surface area (Å²) in [6, 6.07) is 0.486. The molecule has 0 spiro atoms. The van der Waals surface area contributed by atoms with Crippen LogP contribution in [-0.2, 0) is 6.42 Å². The van der Waals surface area contributed by atoms with Gasteiger partial charge in [0.2, 0.25) is 0 Å². The summed E-state index contributed by atoms with van der Waals surface area (Å²) in [5, 5.41) is 0. The van der Waals surface area contributed by atoms with Gasteiger partial charge in [-0.15, -0.1) is 0 Å². The third kappa shape index (κ3) is 1.50. The first kappa shape index (κ1) is 9.52. The molecule has 4 heteroatoms. The number of anilines is 1. The van der Waals surface area contributed by atoms with Crippen molar-refractivity contribution in [3.63, 3.8) is 0 Å². The van der Waals surface area contributed by atoms with E-state index in [1.54, 1.807) is 0 Å². The molecule has 0 bridgehead atoms. The molecule has 1 aromatic rings. The highest BCUT2D eigenvalue weighted by molar-refractivity contribution is 5.26. The summed E-state index contributed by atoms with van der Waals surface area (Å²) in [6.45, 7) is 2.15. The van der Waals surface area contributed by atoms with Crippen LogP contribution in [0.3, 0.4) is 0 Å². The summed E-state index contributed by atoms with van der Waals surface area (Å²) < 4.78 is 5.43. The smallest absolute Gasteiger partial charge is 0.292 e. The Balaban J connectivity index is 2.30. The fraction of sp³-hybridized carbons (Fsp3) is 0.700. The maximum atomic E-state index is 6.06. The molecular weight excluding hydrogens is 178 g/mol. The second kappa shape index (κ2) is 3.61. The van der Waals surface area contributed by atoms with Crippen LogP contribution < -0.4 is 11.5 Å². The zero-order valence-corrected chi connectivity index (χ0v) is 8.49. The van der Waals surface area contributed by atoms with E-state index in [9.17, 15) is 0 Å². The molecule has 0 aliphatic heterocycles. The molecule has 78 valence electrons. The predicted molar refractivity (Wildman–Crippen MR) is 54.9 cm³/mol. The maximum Gasteiger partial charge on any atom is 0.292 e. The van der Waals surface area contributed by atoms with Gasteiger partial charge in [-0.2, -0.15) is 4.98 Å². The number of hydrogen-bond donors (Lipinski definition) is 2. The molecule has 4 N–H and O–H groups in total. The van der Waals surface area contributed by atoms with Crippen molar-refractivity contribution in [1.29, 1.82) is 0 Å². The molecule has 4 nitrogen and oxygen atoms in total. The van der Waals surface area contributed by atoms with Crippen molar-refractivity contribution in [1.82, 2.24) is 4.98 Å². The van der Waals surface area contributed by atoms with Crippen molar-refractivity contribution in [2.45, 2.75) is 44.6 Å². The van der Waals surface area contributed by atoms with Crippen LogP contribution in [0.4, 0.5) is 6.01 Å². The molecule has 1 aromatic heterocycles. The van der Waals surface area contributed by atoms with Crippen LogP contribution in [0.25, 0.3) is 0 Å². The van der Waals surface area contributed by atoms with Gasteiger partial charge in [0.05, 0.1) is 5.69 Å². The molecule has 2 atom stereocenters. The molecule has 0 fully saturated rings. The highest BCUT2D eigenvalue weighted by atomic mass is 16.4. The summed E-state index contributed by atoms with van der Waals surface area (Å²) in [7, 11) is 0. The summed E-state index contributed by atoms with van der Waals surface area (Å²) in [6.07, 6.45) is 4.06. The van der Waals surface area contributed by atoms with Gasteiger partial charge in [0, 0.05) is 12.0 Å². The van der Waals surface area contributed by atoms with Crippen LogP contribution in [0.5, 0.6) is 0 Å². The van der Waals surface area contributed by atoms with E-state index in [0.29, 0.717) is 5.92 Å².